The number of carboxylic acids is 1. The highest BCUT2D eigenvalue weighted by atomic mass is 19.4. The maximum absolute atomic E-state index is 14.0. The zero-order chi connectivity index (χ0) is 26.2. The fourth-order valence-corrected chi connectivity index (χ4v) is 3.64. The highest BCUT2D eigenvalue weighted by Gasteiger charge is 2.30. The second-order valence-corrected chi connectivity index (χ2v) is 7.64. The molecule has 0 unspecified atom stereocenters. The topological polar surface area (TPSA) is 88.8 Å². The van der Waals surface area contributed by atoms with E-state index in [1.54, 1.807) is 0 Å². The Morgan fingerprint density at radius 1 is 1.00 bits per heavy atom. The Labute approximate surface area is 199 Å². The number of hydrogen-bond acceptors (Lipinski definition) is 4. The van der Waals surface area contributed by atoms with Crippen LogP contribution in [-0.4, -0.2) is 36.8 Å². The molecule has 0 fully saturated rings. The van der Waals surface area contributed by atoms with Crippen LogP contribution in [0.3, 0.4) is 0 Å². The molecule has 0 atom stereocenters. The molecule has 6 nitrogen and oxygen atoms in total. The van der Waals surface area contributed by atoms with Crippen molar-refractivity contribution in [2.75, 3.05) is 13.7 Å². The first kappa shape index (κ1) is 24.7. The van der Waals surface area contributed by atoms with Gasteiger partial charge in [-0.25, -0.2) is 13.6 Å². The molecule has 0 aliphatic rings. The summed E-state index contributed by atoms with van der Waals surface area (Å²) in [5.74, 6) is -4.08. The highest BCUT2D eigenvalue weighted by Crippen LogP contribution is 2.41. The number of nitrogens with one attached hydrogen (secondary N) is 1. The van der Waals surface area contributed by atoms with Crippen molar-refractivity contribution in [2.45, 2.75) is 6.18 Å². The van der Waals surface area contributed by atoms with Crippen LogP contribution in [0.2, 0.25) is 0 Å². The molecule has 0 saturated heterocycles. The third kappa shape index (κ3) is 4.85. The van der Waals surface area contributed by atoms with Gasteiger partial charge in [-0.05, 0) is 48.0 Å². The smallest absolute Gasteiger partial charge is 0.422 e. The van der Waals surface area contributed by atoms with E-state index in [1.165, 1.54) is 31.3 Å². The summed E-state index contributed by atoms with van der Waals surface area (Å²) in [6.45, 7) is -1.67. The van der Waals surface area contributed by atoms with Gasteiger partial charge in [-0.1, -0.05) is 6.07 Å². The van der Waals surface area contributed by atoms with E-state index < -0.39 is 41.9 Å². The van der Waals surface area contributed by atoms with Gasteiger partial charge < -0.3 is 19.6 Å². The minimum atomic E-state index is -4.70. The lowest BCUT2D eigenvalue weighted by molar-refractivity contribution is -0.153. The summed E-state index contributed by atoms with van der Waals surface area (Å²) in [4.78, 5) is 24.2. The van der Waals surface area contributed by atoms with Crippen molar-refractivity contribution in [3.8, 4) is 28.2 Å². The van der Waals surface area contributed by atoms with Crippen LogP contribution in [0.5, 0.6) is 5.75 Å². The Morgan fingerprint density at radius 3 is 2.28 bits per heavy atom. The zero-order valence-corrected chi connectivity index (χ0v) is 18.4. The molecule has 0 radical (unpaired) electrons. The number of amides is 1. The molecule has 4 rings (SSSR count). The van der Waals surface area contributed by atoms with E-state index in [1.807, 2.05) is 0 Å². The molecule has 1 aromatic heterocycles. The van der Waals surface area contributed by atoms with E-state index in [4.69, 9.17) is 9.15 Å². The number of fused-ring (bicyclic) bond motifs is 1. The number of carbonyl (C=O) groups is 2. The molecular weight excluding hydrogens is 489 g/mol. The van der Waals surface area contributed by atoms with Crippen LogP contribution in [0.4, 0.5) is 22.0 Å². The molecule has 2 N–H and O–H groups in total. The fraction of sp³-hybridized carbons (Fsp3) is 0.120. The molecule has 11 heteroatoms. The number of furan rings is 1. The maximum atomic E-state index is 14.0. The lowest BCUT2D eigenvalue weighted by Crippen LogP contribution is -2.19. The summed E-state index contributed by atoms with van der Waals surface area (Å²) < 4.78 is 77.0. The van der Waals surface area contributed by atoms with Gasteiger partial charge in [0, 0.05) is 29.6 Å². The number of hydrogen-bond donors (Lipinski definition) is 2. The van der Waals surface area contributed by atoms with Crippen LogP contribution in [0, 0.1) is 11.6 Å². The number of halogens is 5. The van der Waals surface area contributed by atoms with Crippen molar-refractivity contribution < 1.29 is 45.8 Å². The van der Waals surface area contributed by atoms with Crippen LogP contribution >= 0.6 is 0 Å². The largest absolute Gasteiger partial charge is 0.483 e. The van der Waals surface area contributed by atoms with Gasteiger partial charge in [0.25, 0.3) is 5.91 Å². The normalized spacial score (nSPS) is 11.5. The van der Waals surface area contributed by atoms with Gasteiger partial charge in [0.05, 0.1) is 11.1 Å². The van der Waals surface area contributed by atoms with Crippen molar-refractivity contribution in [2.24, 2.45) is 0 Å². The van der Waals surface area contributed by atoms with E-state index >= 15 is 0 Å². The average molecular weight is 505 g/mol. The standard InChI is InChI=1S/C25H16F5NO5/c1-31-23(32)21-17-9-15(13-4-7-18(27)16(8-13)24(33)34)19(35-11-25(28,29)30)10-20(17)36-22(21)12-2-5-14(26)6-3-12/h2-10H,11H2,1H3,(H,31,32)(H,33,34). The Hall–Kier alpha value is -4.41. The van der Waals surface area contributed by atoms with Crippen LogP contribution in [0.15, 0.2) is 59.0 Å². The van der Waals surface area contributed by atoms with E-state index in [0.29, 0.717) is 5.56 Å². The Kier molecular flexibility index (Phi) is 6.40. The van der Waals surface area contributed by atoms with Gasteiger partial charge in [0.2, 0.25) is 0 Å². The molecule has 0 aliphatic heterocycles. The van der Waals surface area contributed by atoms with Gasteiger partial charge in [-0.3, -0.25) is 4.79 Å². The summed E-state index contributed by atoms with van der Waals surface area (Å²) >= 11 is 0. The van der Waals surface area contributed by atoms with Gasteiger partial charge in [0.15, 0.2) is 6.61 Å². The highest BCUT2D eigenvalue weighted by molar-refractivity contribution is 6.12. The van der Waals surface area contributed by atoms with Gasteiger partial charge >= 0.3 is 12.1 Å². The number of benzene rings is 3. The van der Waals surface area contributed by atoms with Crippen molar-refractivity contribution in [3.63, 3.8) is 0 Å². The first-order valence-corrected chi connectivity index (χ1v) is 10.3. The molecule has 3 aromatic carbocycles. The SMILES string of the molecule is CNC(=O)c1c(-c2ccc(F)cc2)oc2cc(OCC(F)(F)F)c(-c3ccc(F)c(C(=O)O)c3)cc12. The number of rotatable bonds is 6. The summed E-state index contributed by atoms with van der Waals surface area (Å²) in [6.07, 6.45) is -4.70. The predicted molar refractivity (Wildman–Crippen MR) is 119 cm³/mol. The Balaban J connectivity index is 2.00. The predicted octanol–water partition coefficient (Wildman–Crippen LogP) is 6.04. The first-order chi connectivity index (χ1) is 17.0. The first-order valence-electron chi connectivity index (χ1n) is 10.3. The zero-order valence-electron chi connectivity index (χ0n) is 18.4. The van der Waals surface area contributed by atoms with Crippen molar-refractivity contribution >= 4 is 22.8 Å². The molecule has 0 spiro atoms. The second-order valence-electron chi connectivity index (χ2n) is 7.64. The lowest BCUT2D eigenvalue weighted by atomic mass is 9.98. The minimum absolute atomic E-state index is 0.00305. The van der Waals surface area contributed by atoms with E-state index in [2.05, 4.69) is 5.32 Å². The van der Waals surface area contributed by atoms with Crippen LogP contribution in [0.25, 0.3) is 33.4 Å². The molecule has 36 heavy (non-hydrogen) atoms. The van der Waals surface area contributed by atoms with Gasteiger partial charge in [-0.15, -0.1) is 0 Å². The third-order valence-electron chi connectivity index (χ3n) is 5.25. The summed E-state index contributed by atoms with van der Waals surface area (Å²) in [6, 6.07) is 10.4. The third-order valence-corrected chi connectivity index (χ3v) is 5.25. The van der Waals surface area contributed by atoms with E-state index in [0.717, 1.165) is 30.3 Å². The summed E-state index contributed by atoms with van der Waals surface area (Å²) in [7, 11) is 1.36. The molecular formula is C25H16F5NO5. The van der Waals surface area contributed by atoms with E-state index in [-0.39, 0.29) is 39.2 Å². The molecule has 1 heterocycles. The van der Waals surface area contributed by atoms with Crippen LogP contribution < -0.4 is 10.1 Å². The number of carbonyl (C=O) groups excluding carboxylic acids is 1. The number of alkyl halides is 3. The Bertz CT molecular complexity index is 1480. The summed E-state index contributed by atoms with van der Waals surface area (Å²) in [5.41, 5.74) is -0.413. The molecule has 4 aromatic rings. The van der Waals surface area contributed by atoms with Gasteiger partial charge in [-0.2, -0.15) is 13.2 Å². The molecule has 0 aliphatic carbocycles. The molecule has 186 valence electrons. The van der Waals surface area contributed by atoms with Crippen molar-refractivity contribution in [3.05, 3.63) is 77.4 Å². The van der Waals surface area contributed by atoms with Crippen LogP contribution in [-0.2, 0) is 0 Å². The lowest BCUT2D eigenvalue weighted by Gasteiger charge is -2.14. The molecule has 0 saturated carbocycles. The van der Waals surface area contributed by atoms with Crippen molar-refractivity contribution in [1.29, 1.82) is 0 Å². The fourth-order valence-electron chi connectivity index (χ4n) is 3.64. The number of ether oxygens (including phenoxy) is 1. The minimum Gasteiger partial charge on any atom is -0.483 e. The molecule has 0 bridgehead atoms. The van der Waals surface area contributed by atoms with E-state index in [9.17, 15) is 36.6 Å². The number of carboxylic acid groups (broad SMARTS) is 1. The average Bonchev–Trinajstić information content (AvgIpc) is 3.20. The number of aromatic carboxylic acids is 1. The maximum Gasteiger partial charge on any atom is 0.422 e. The van der Waals surface area contributed by atoms with Crippen LogP contribution in [0.1, 0.15) is 20.7 Å². The van der Waals surface area contributed by atoms with Crippen molar-refractivity contribution in [1.82, 2.24) is 5.32 Å². The second kappa shape index (κ2) is 9.33. The monoisotopic (exact) mass is 505 g/mol. The summed E-state index contributed by atoms with van der Waals surface area (Å²) in [5, 5.41) is 11.9. The quantitative estimate of drug-likeness (QED) is 0.312. The van der Waals surface area contributed by atoms with Gasteiger partial charge in [0.1, 0.15) is 28.7 Å². The molecule has 1 amide bonds. The Morgan fingerprint density at radius 2 is 1.67 bits per heavy atom.